The monoisotopic (exact) mass is 421 g/mol. The first-order valence-corrected chi connectivity index (χ1v) is 10.8. The van der Waals surface area contributed by atoms with Gasteiger partial charge in [-0.1, -0.05) is 11.8 Å². The van der Waals surface area contributed by atoms with Crippen molar-refractivity contribution in [1.82, 2.24) is 20.9 Å². The maximum Gasteiger partial charge on any atom is 0.230 e. The Morgan fingerprint density at radius 1 is 1.43 bits per heavy atom. The van der Waals surface area contributed by atoms with Crippen molar-refractivity contribution >= 4 is 57.1 Å². The minimum Gasteiger partial charge on any atom is -0.350 e. The first-order chi connectivity index (χ1) is 13.6. The largest absolute Gasteiger partial charge is 0.350 e. The van der Waals surface area contributed by atoms with Gasteiger partial charge in [-0.3, -0.25) is 9.59 Å². The molecule has 10 heteroatoms. The highest BCUT2D eigenvalue weighted by Gasteiger charge is 2.19. The molecule has 1 aliphatic heterocycles. The highest BCUT2D eigenvalue weighted by atomic mass is 32.2. The third kappa shape index (κ3) is 5.51. The molecule has 3 rings (SSSR count). The number of carbonyl (C=O) groups is 3. The number of rotatable bonds is 10. The second-order valence-electron chi connectivity index (χ2n) is 6.52. The van der Waals surface area contributed by atoms with Crippen molar-refractivity contribution in [2.24, 2.45) is 5.92 Å². The Kier molecular flexibility index (Phi) is 7.37. The average molecular weight is 422 g/mol. The number of anilines is 1. The first kappa shape index (κ1) is 20.7. The number of aromatic nitrogens is 1. The van der Waals surface area contributed by atoms with Crippen LogP contribution in [0.1, 0.15) is 6.42 Å². The van der Waals surface area contributed by atoms with Gasteiger partial charge in [0.25, 0.3) is 0 Å². The molecule has 0 radical (unpaired) electrons. The fourth-order valence-corrected chi connectivity index (χ4v) is 4.64. The third-order valence-electron chi connectivity index (χ3n) is 4.31. The summed E-state index contributed by atoms with van der Waals surface area (Å²) in [4.78, 5) is 39.6. The molecule has 1 saturated heterocycles. The van der Waals surface area contributed by atoms with E-state index in [1.165, 1.54) is 23.1 Å². The first-order valence-electron chi connectivity index (χ1n) is 9.01. The van der Waals surface area contributed by atoms with Crippen LogP contribution in [-0.4, -0.2) is 61.6 Å². The Hall–Kier alpha value is -2.01. The van der Waals surface area contributed by atoms with Gasteiger partial charge in [-0.25, -0.2) is 4.98 Å². The molecule has 0 spiro atoms. The van der Waals surface area contributed by atoms with Crippen LogP contribution in [0.15, 0.2) is 22.5 Å². The zero-order valence-corrected chi connectivity index (χ0v) is 17.1. The molecule has 1 unspecified atom stereocenters. The molecule has 1 fully saturated rings. The summed E-state index contributed by atoms with van der Waals surface area (Å²) >= 11 is 2.90. The van der Waals surface area contributed by atoms with Crippen molar-refractivity contribution < 1.29 is 14.4 Å². The Balaban J connectivity index is 1.59. The molecule has 2 amide bonds. The van der Waals surface area contributed by atoms with E-state index in [0.717, 1.165) is 33.9 Å². The van der Waals surface area contributed by atoms with Crippen molar-refractivity contribution in [3.63, 3.8) is 0 Å². The molecular weight excluding hydrogens is 398 g/mol. The predicted molar refractivity (Wildman–Crippen MR) is 112 cm³/mol. The number of hydrogen-bond donors (Lipinski definition) is 4. The van der Waals surface area contributed by atoms with Crippen LogP contribution in [0.4, 0.5) is 5.69 Å². The maximum atomic E-state index is 12.4. The summed E-state index contributed by atoms with van der Waals surface area (Å²) in [5.41, 5.74) is 1.49. The van der Waals surface area contributed by atoms with Gasteiger partial charge in [0.2, 0.25) is 11.8 Å². The van der Waals surface area contributed by atoms with Gasteiger partial charge in [0.05, 0.1) is 27.9 Å². The third-order valence-corrected chi connectivity index (χ3v) is 6.47. The lowest BCUT2D eigenvalue weighted by atomic mass is 10.1. The molecule has 4 N–H and O–H groups in total. The highest BCUT2D eigenvalue weighted by molar-refractivity contribution is 8.01. The number of hydrogen-bond acceptors (Lipinski definition) is 8. The number of fused-ring (bicyclic) bond motifs is 1. The zero-order chi connectivity index (χ0) is 19.9. The van der Waals surface area contributed by atoms with Gasteiger partial charge >= 0.3 is 0 Å². The topological polar surface area (TPSA) is 112 Å². The molecule has 0 aliphatic carbocycles. The summed E-state index contributed by atoms with van der Waals surface area (Å²) in [6.07, 6.45) is 0.935. The zero-order valence-electron chi connectivity index (χ0n) is 15.5. The maximum absolute atomic E-state index is 12.4. The Morgan fingerprint density at radius 2 is 2.25 bits per heavy atom. The van der Waals surface area contributed by atoms with Crippen LogP contribution in [0.25, 0.3) is 10.2 Å². The van der Waals surface area contributed by atoms with Gasteiger partial charge in [0.15, 0.2) is 4.34 Å². The number of thioether (sulfide) groups is 1. The molecule has 0 bridgehead atoms. The van der Waals surface area contributed by atoms with Crippen molar-refractivity contribution in [1.29, 1.82) is 0 Å². The van der Waals surface area contributed by atoms with Crippen LogP contribution in [0.2, 0.25) is 0 Å². The van der Waals surface area contributed by atoms with Gasteiger partial charge in [-0.05, 0) is 25.2 Å². The molecule has 150 valence electrons. The number of aldehydes is 1. The van der Waals surface area contributed by atoms with E-state index in [1.54, 1.807) is 13.1 Å². The molecule has 0 saturated carbocycles. The molecule has 1 atom stereocenters. The highest BCUT2D eigenvalue weighted by Crippen LogP contribution is 2.31. The van der Waals surface area contributed by atoms with Crippen LogP contribution in [0, 0.1) is 5.92 Å². The number of amides is 2. The van der Waals surface area contributed by atoms with Crippen LogP contribution in [0.3, 0.4) is 0 Å². The average Bonchev–Trinajstić information content (AvgIpc) is 3.05. The standard InChI is InChI=1S/C18H23N5O3S2/c1-19-7-11(4-5-24)17(26)22-12-2-3-14-15(6-12)28-18(23-14)27-10-16(25)21-13-8-20-9-13/h2-3,5-6,11,13,19-20H,4,7-10H2,1H3,(H,21,25)(H,22,26). The number of nitrogens with zero attached hydrogens (tertiary/aromatic N) is 1. The minimum absolute atomic E-state index is 0.00876. The van der Waals surface area contributed by atoms with Crippen LogP contribution in [-0.2, 0) is 14.4 Å². The van der Waals surface area contributed by atoms with Gasteiger partial charge in [0, 0.05) is 31.7 Å². The number of benzene rings is 1. The molecule has 2 heterocycles. The van der Waals surface area contributed by atoms with Gasteiger partial charge in [-0.15, -0.1) is 11.3 Å². The molecular formula is C18H23N5O3S2. The van der Waals surface area contributed by atoms with Crippen LogP contribution >= 0.6 is 23.1 Å². The van der Waals surface area contributed by atoms with Crippen LogP contribution < -0.4 is 21.3 Å². The summed E-state index contributed by atoms with van der Waals surface area (Å²) in [5.74, 6) is -0.260. The molecule has 1 aliphatic rings. The molecule has 28 heavy (non-hydrogen) atoms. The van der Waals surface area contributed by atoms with Crippen molar-refractivity contribution in [3.8, 4) is 0 Å². The minimum atomic E-state index is -0.407. The number of carbonyl (C=O) groups excluding carboxylic acids is 3. The lowest BCUT2D eigenvalue weighted by Gasteiger charge is -2.27. The van der Waals surface area contributed by atoms with E-state index in [0.29, 0.717) is 18.0 Å². The van der Waals surface area contributed by atoms with E-state index in [1.807, 2.05) is 12.1 Å². The predicted octanol–water partition coefficient (Wildman–Crippen LogP) is 0.840. The molecule has 1 aromatic heterocycles. The Morgan fingerprint density at radius 3 is 2.93 bits per heavy atom. The van der Waals surface area contributed by atoms with E-state index in [-0.39, 0.29) is 24.3 Å². The van der Waals surface area contributed by atoms with Crippen molar-refractivity contribution in [2.75, 3.05) is 37.8 Å². The smallest absolute Gasteiger partial charge is 0.230 e. The summed E-state index contributed by atoms with van der Waals surface area (Å²) in [7, 11) is 1.75. The molecule has 8 nitrogen and oxygen atoms in total. The van der Waals surface area contributed by atoms with Crippen molar-refractivity contribution in [3.05, 3.63) is 18.2 Å². The summed E-state index contributed by atoms with van der Waals surface area (Å²) in [6.45, 7) is 2.09. The fourth-order valence-electron chi connectivity index (χ4n) is 2.72. The van der Waals surface area contributed by atoms with E-state index in [4.69, 9.17) is 0 Å². The SMILES string of the molecule is CNCC(CC=O)C(=O)Nc1ccc2nc(SCC(=O)NC3CNC3)sc2c1. The Labute approximate surface area is 171 Å². The Bertz CT molecular complexity index is 853. The van der Waals surface area contributed by atoms with Crippen LogP contribution in [0.5, 0.6) is 0 Å². The van der Waals surface area contributed by atoms with E-state index in [2.05, 4.69) is 26.3 Å². The normalized spacial score (nSPS) is 15.0. The number of thiazole rings is 1. The summed E-state index contributed by atoms with van der Waals surface area (Å²) < 4.78 is 1.75. The van der Waals surface area contributed by atoms with Gasteiger partial charge < -0.3 is 26.1 Å². The van der Waals surface area contributed by atoms with E-state index >= 15 is 0 Å². The lowest BCUT2D eigenvalue weighted by Crippen LogP contribution is -2.57. The second-order valence-corrected chi connectivity index (χ2v) is 8.77. The second kappa shape index (κ2) is 9.97. The summed E-state index contributed by atoms with van der Waals surface area (Å²) in [6, 6.07) is 5.74. The van der Waals surface area contributed by atoms with Crippen molar-refractivity contribution in [2.45, 2.75) is 16.8 Å². The van der Waals surface area contributed by atoms with Gasteiger partial charge in [-0.2, -0.15) is 0 Å². The van der Waals surface area contributed by atoms with E-state index in [9.17, 15) is 14.4 Å². The van der Waals surface area contributed by atoms with Gasteiger partial charge in [0.1, 0.15) is 6.29 Å². The lowest BCUT2D eigenvalue weighted by molar-refractivity contribution is -0.122. The fraction of sp³-hybridized carbons (Fsp3) is 0.444. The quantitative estimate of drug-likeness (QED) is 0.332. The van der Waals surface area contributed by atoms with E-state index < -0.39 is 5.92 Å². The number of nitrogens with one attached hydrogen (secondary N) is 4. The summed E-state index contributed by atoms with van der Waals surface area (Å²) in [5, 5.41) is 11.9. The molecule has 1 aromatic carbocycles. The molecule has 2 aromatic rings.